The Balaban J connectivity index is 1.50. The summed E-state index contributed by atoms with van der Waals surface area (Å²) in [5.74, 6) is 1.08. The van der Waals surface area contributed by atoms with Crippen LogP contribution in [-0.2, 0) is 13.1 Å². The first-order valence-electron chi connectivity index (χ1n) is 8.41. The molecule has 1 atom stereocenters. The summed E-state index contributed by atoms with van der Waals surface area (Å²) in [5.41, 5.74) is 4.54. The summed E-state index contributed by atoms with van der Waals surface area (Å²) in [5, 5.41) is 11.0. The minimum atomic E-state index is 0.165. The number of para-hydroxylation sites is 2. The Bertz CT molecular complexity index is 969. The molecule has 0 fully saturated rings. The minimum absolute atomic E-state index is 0.165. The Kier molecular flexibility index (Phi) is 4.65. The van der Waals surface area contributed by atoms with E-state index in [9.17, 15) is 0 Å². The molecule has 0 aliphatic heterocycles. The third-order valence-corrected chi connectivity index (χ3v) is 5.92. The van der Waals surface area contributed by atoms with Crippen molar-refractivity contribution in [1.82, 2.24) is 19.9 Å². The molecule has 0 aliphatic carbocycles. The quantitative estimate of drug-likeness (QED) is 0.515. The number of benzene rings is 1. The molecule has 1 N–H and O–H groups in total. The molecule has 6 heteroatoms. The third kappa shape index (κ3) is 3.25. The molecule has 0 spiro atoms. The summed E-state index contributed by atoms with van der Waals surface area (Å²) < 4.78 is 2.28. The van der Waals surface area contributed by atoms with Crippen LogP contribution < -0.4 is 5.32 Å². The lowest BCUT2D eigenvalue weighted by Crippen LogP contribution is -2.21. The van der Waals surface area contributed by atoms with E-state index >= 15 is 0 Å². The number of thiazole rings is 1. The summed E-state index contributed by atoms with van der Waals surface area (Å²) in [6.07, 6.45) is 0. The second kappa shape index (κ2) is 7.07. The van der Waals surface area contributed by atoms with Crippen LogP contribution in [0.15, 0.2) is 46.5 Å². The molecule has 1 unspecified atom stereocenters. The lowest BCUT2D eigenvalue weighted by molar-refractivity contribution is 0.518. The first kappa shape index (κ1) is 16.4. The van der Waals surface area contributed by atoms with Crippen molar-refractivity contribution < 1.29 is 0 Å². The van der Waals surface area contributed by atoms with Gasteiger partial charge < -0.3 is 9.88 Å². The monoisotopic (exact) mass is 368 g/mol. The van der Waals surface area contributed by atoms with E-state index in [1.807, 2.05) is 6.07 Å². The van der Waals surface area contributed by atoms with E-state index < -0.39 is 0 Å². The van der Waals surface area contributed by atoms with Gasteiger partial charge in [0.05, 0.1) is 22.8 Å². The van der Waals surface area contributed by atoms with E-state index in [1.54, 1.807) is 22.7 Å². The average Bonchev–Trinajstić information content (AvgIpc) is 3.37. The Labute approximate surface area is 155 Å². The van der Waals surface area contributed by atoms with Gasteiger partial charge in [-0.1, -0.05) is 12.1 Å². The van der Waals surface area contributed by atoms with E-state index in [0.717, 1.165) is 35.1 Å². The van der Waals surface area contributed by atoms with Gasteiger partial charge in [0.1, 0.15) is 10.8 Å². The van der Waals surface area contributed by atoms with Crippen molar-refractivity contribution in [2.75, 3.05) is 0 Å². The highest BCUT2D eigenvalue weighted by Crippen LogP contribution is 2.26. The topological polar surface area (TPSA) is 42.7 Å². The SMILES string of the molecule is CCn1c(C(C)NCc2csc(-c3ccsc3)n2)nc2ccccc21. The fourth-order valence-corrected chi connectivity index (χ4v) is 4.54. The largest absolute Gasteiger partial charge is 0.327 e. The molecule has 3 heterocycles. The van der Waals surface area contributed by atoms with Gasteiger partial charge in [0, 0.05) is 29.4 Å². The average molecular weight is 369 g/mol. The van der Waals surface area contributed by atoms with Gasteiger partial charge in [0.2, 0.25) is 0 Å². The van der Waals surface area contributed by atoms with Gasteiger partial charge in [-0.15, -0.1) is 11.3 Å². The number of aromatic nitrogens is 3. The van der Waals surface area contributed by atoms with E-state index in [-0.39, 0.29) is 6.04 Å². The predicted molar refractivity (Wildman–Crippen MR) is 106 cm³/mol. The van der Waals surface area contributed by atoms with Crippen LogP contribution in [0.4, 0.5) is 0 Å². The number of imidazole rings is 1. The molecular weight excluding hydrogens is 348 g/mol. The Morgan fingerprint density at radius 1 is 1.16 bits per heavy atom. The lowest BCUT2D eigenvalue weighted by atomic mass is 10.3. The van der Waals surface area contributed by atoms with Crippen molar-refractivity contribution >= 4 is 33.7 Å². The van der Waals surface area contributed by atoms with Gasteiger partial charge >= 0.3 is 0 Å². The number of hydrogen-bond acceptors (Lipinski definition) is 5. The molecule has 0 radical (unpaired) electrons. The fraction of sp³-hybridized carbons (Fsp3) is 0.263. The molecule has 25 heavy (non-hydrogen) atoms. The van der Waals surface area contributed by atoms with Crippen LogP contribution in [0.5, 0.6) is 0 Å². The van der Waals surface area contributed by atoms with Crippen LogP contribution in [0.2, 0.25) is 0 Å². The fourth-order valence-electron chi connectivity index (χ4n) is 3.01. The number of nitrogens with zero attached hydrogens (tertiary/aromatic N) is 3. The van der Waals surface area contributed by atoms with E-state index in [0.29, 0.717) is 0 Å². The van der Waals surface area contributed by atoms with Gasteiger partial charge in [-0.3, -0.25) is 0 Å². The maximum Gasteiger partial charge on any atom is 0.126 e. The van der Waals surface area contributed by atoms with Gasteiger partial charge in [0.25, 0.3) is 0 Å². The molecule has 128 valence electrons. The smallest absolute Gasteiger partial charge is 0.126 e. The van der Waals surface area contributed by atoms with Crippen LogP contribution in [-0.4, -0.2) is 14.5 Å². The van der Waals surface area contributed by atoms with E-state index in [2.05, 4.69) is 64.1 Å². The van der Waals surface area contributed by atoms with Gasteiger partial charge in [-0.25, -0.2) is 9.97 Å². The maximum absolute atomic E-state index is 4.83. The Morgan fingerprint density at radius 2 is 2.04 bits per heavy atom. The molecular formula is C19H20N4S2. The number of fused-ring (bicyclic) bond motifs is 1. The summed E-state index contributed by atoms with van der Waals surface area (Å²) in [4.78, 5) is 9.56. The highest BCUT2D eigenvalue weighted by atomic mass is 32.1. The van der Waals surface area contributed by atoms with E-state index in [1.165, 1.54) is 11.1 Å². The molecule has 4 aromatic rings. The molecule has 4 nitrogen and oxygen atoms in total. The van der Waals surface area contributed by atoms with Crippen LogP contribution in [0.1, 0.15) is 31.4 Å². The van der Waals surface area contributed by atoms with Crippen molar-refractivity contribution in [3.05, 3.63) is 58.0 Å². The number of thiophene rings is 1. The second-order valence-electron chi connectivity index (χ2n) is 5.96. The summed E-state index contributed by atoms with van der Waals surface area (Å²) >= 11 is 3.41. The first-order valence-corrected chi connectivity index (χ1v) is 10.2. The zero-order valence-corrected chi connectivity index (χ0v) is 15.9. The molecule has 0 saturated carbocycles. The highest BCUT2D eigenvalue weighted by molar-refractivity contribution is 7.14. The van der Waals surface area contributed by atoms with Gasteiger partial charge in [-0.05, 0) is 37.4 Å². The summed E-state index contributed by atoms with van der Waals surface area (Å²) in [6, 6.07) is 10.6. The van der Waals surface area contributed by atoms with Crippen LogP contribution in [0.3, 0.4) is 0 Å². The molecule has 3 aromatic heterocycles. The first-order chi connectivity index (χ1) is 12.3. The predicted octanol–water partition coefficient (Wildman–Crippen LogP) is 5.09. The number of aryl methyl sites for hydroxylation is 1. The highest BCUT2D eigenvalue weighted by Gasteiger charge is 2.15. The normalized spacial score (nSPS) is 12.7. The lowest BCUT2D eigenvalue weighted by Gasteiger charge is -2.14. The molecule has 0 saturated heterocycles. The second-order valence-corrected chi connectivity index (χ2v) is 7.60. The van der Waals surface area contributed by atoms with Crippen LogP contribution >= 0.6 is 22.7 Å². The zero-order valence-electron chi connectivity index (χ0n) is 14.3. The number of hydrogen-bond donors (Lipinski definition) is 1. The van der Waals surface area contributed by atoms with Gasteiger partial charge in [-0.2, -0.15) is 11.3 Å². The van der Waals surface area contributed by atoms with Crippen molar-refractivity contribution in [1.29, 1.82) is 0 Å². The molecule has 0 amide bonds. The zero-order chi connectivity index (χ0) is 17.2. The van der Waals surface area contributed by atoms with Crippen molar-refractivity contribution in [3.63, 3.8) is 0 Å². The number of nitrogens with one attached hydrogen (secondary N) is 1. The van der Waals surface area contributed by atoms with Gasteiger partial charge in [0.15, 0.2) is 0 Å². The summed E-state index contributed by atoms with van der Waals surface area (Å²) in [6.45, 7) is 5.99. The standard InChI is InChI=1S/C19H20N4S2/c1-3-23-17-7-5-4-6-16(17)22-18(23)13(2)20-10-15-12-25-19(21-15)14-8-9-24-11-14/h4-9,11-13,20H,3,10H2,1-2H3. The van der Waals surface area contributed by atoms with Crippen molar-refractivity contribution in [2.24, 2.45) is 0 Å². The maximum atomic E-state index is 4.83. The van der Waals surface area contributed by atoms with Crippen molar-refractivity contribution in [3.8, 4) is 10.6 Å². The van der Waals surface area contributed by atoms with Crippen LogP contribution in [0.25, 0.3) is 21.6 Å². The van der Waals surface area contributed by atoms with Crippen molar-refractivity contribution in [2.45, 2.75) is 33.0 Å². The number of rotatable bonds is 6. The molecule has 4 rings (SSSR count). The summed E-state index contributed by atoms with van der Waals surface area (Å²) in [7, 11) is 0. The Hall–Kier alpha value is -2.02. The van der Waals surface area contributed by atoms with Crippen LogP contribution in [0, 0.1) is 0 Å². The van der Waals surface area contributed by atoms with E-state index in [4.69, 9.17) is 9.97 Å². The molecule has 0 bridgehead atoms. The molecule has 0 aliphatic rings. The Morgan fingerprint density at radius 3 is 2.84 bits per heavy atom. The molecule has 1 aromatic carbocycles. The minimum Gasteiger partial charge on any atom is -0.327 e. The third-order valence-electron chi connectivity index (χ3n) is 4.30.